The van der Waals surface area contributed by atoms with E-state index in [1.165, 1.54) is 7.11 Å². The Balaban J connectivity index is 1.86. The van der Waals surface area contributed by atoms with Crippen molar-refractivity contribution in [2.75, 3.05) is 41.0 Å². The molecule has 7 heteroatoms. The number of benzene rings is 1. The van der Waals surface area contributed by atoms with Gasteiger partial charge in [-0.2, -0.15) is 0 Å². The van der Waals surface area contributed by atoms with Crippen molar-refractivity contribution in [1.82, 2.24) is 4.90 Å². The Morgan fingerprint density at radius 1 is 1.00 bits per heavy atom. The smallest absolute Gasteiger partial charge is 0.306 e. The van der Waals surface area contributed by atoms with Gasteiger partial charge >= 0.3 is 5.97 Å². The fourth-order valence-corrected chi connectivity index (χ4v) is 3.70. The number of amides is 1. The highest BCUT2D eigenvalue weighted by Crippen LogP contribution is 2.38. The maximum Gasteiger partial charge on any atom is 0.306 e. The minimum atomic E-state index is -0.403. The molecule has 0 spiro atoms. The Hall–Kier alpha value is -2.44. The molecular formula is C21H31NO6. The largest absolute Gasteiger partial charge is 0.493 e. The predicted octanol–water partition coefficient (Wildman–Crippen LogP) is 2.69. The number of likely N-dealkylation sites (tertiary alicyclic amines) is 1. The van der Waals surface area contributed by atoms with E-state index in [2.05, 4.69) is 13.8 Å². The molecule has 7 nitrogen and oxygen atoms in total. The van der Waals surface area contributed by atoms with Crippen LogP contribution in [0.1, 0.15) is 32.3 Å². The number of methoxy groups -OCH3 is 3. The molecule has 0 saturated carbocycles. The average molecular weight is 393 g/mol. The first-order valence-electron chi connectivity index (χ1n) is 9.60. The molecule has 2 atom stereocenters. The van der Waals surface area contributed by atoms with Crippen molar-refractivity contribution in [2.45, 2.75) is 33.1 Å². The number of aryl methyl sites for hydroxylation is 1. The normalized spacial score (nSPS) is 19.1. The van der Waals surface area contributed by atoms with Crippen molar-refractivity contribution in [2.24, 2.45) is 11.8 Å². The molecule has 0 aromatic heterocycles. The molecule has 0 aliphatic carbocycles. The van der Waals surface area contributed by atoms with E-state index in [1.54, 1.807) is 31.3 Å². The van der Waals surface area contributed by atoms with Gasteiger partial charge in [-0.25, -0.2) is 0 Å². The Labute approximate surface area is 166 Å². The summed E-state index contributed by atoms with van der Waals surface area (Å²) in [6.45, 7) is 5.53. The quantitative estimate of drug-likeness (QED) is 0.632. The van der Waals surface area contributed by atoms with Crippen LogP contribution in [0, 0.1) is 11.8 Å². The number of hydrogen-bond donors (Lipinski definition) is 0. The Bertz CT molecular complexity index is 654. The highest BCUT2D eigenvalue weighted by molar-refractivity contribution is 5.80. The lowest BCUT2D eigenvalue weighted by Gasteiger charge is -2.34. The lowest BCUT2D eigenvalue weighted by Crippen LogP contribution is -2.44. The number of nitrogens with zero attached hydrogens (tertiary/aromatic N) is 1. The van der Waals surface area contributed by atoms with Gasteiger partial charge in [-0.3, -0.25) is 9.59 Å². The number of hydrogen-bond acceptors (Lipinski definition) is 6. The zero-order valence-corrected chi connectivity index (χ0v) is 17.4. The van der Waals surface area contributed by atoms with Gasteiger partial charge in [-0.15, -0.1) is 0 Å². The van der Waals surface area contributed by atoms with Crippen molar-refractivity contribution in [1.29, 1.82) is 0 Å². The molecule has 0 N–H and O–H groups in total. The molecule has 2 rings (SSSR count). The van der Waals surface area contributed by atoms with Gasteiger partial charge in [0.2, 0.25) is 5.75 Å². The standard InChI is InChI=1S/C21H31NO6/c1-14-8-15(2)12-22(11-14)19(23)13-28-20(24)7-6-16-9-17(25-3)21(27-5)18(10-16)26-4/h9-10,14-15H,6-8,11-13H2,1-5H3/t14-,15-/m1/s1. The zero-order chi connectivity index (χ0) is 20.7. The van der Waals surface area contributed by atoms with Crippen molar-refractivity contribution in [3.63, 3.8) is 0 Å². The van der Waals surface area contributed by atoms with Gasteiger partial charge < -0.3 is 23.8 Å². The van der Waals surface area contributed by atoms with E-state index in [0.29, 0.717) is 35.5 Å². The van der Waals surface area contributed by atoms with Crippen LogP contribution in [-0.2, 0) is 20.7 Å². The van der Waals surface area contributed by atoms with Crippen LogP contribution in [0.5, 0.6) is 17.2 Å². The van der Waals surface area contributed by atoms with Crippen LogP contribution >= 0.6 is 0 Å². The van der Waals surface area contributed by atoms with Crippen LogP contribution in [0.25, 0.3) is 0 Å². The molecule has 1 fully saturated rings. The Morgan fingerprint density at radius 3 is 2.07 bits per heavy atom. The molecule has 1 saturated heterocycles. The number of rotatable bonds is 8. The third-order valence-electron chi connectivity index (χ3n) is 4.92. The van der Waals surface area contributed by atoms with E-state index in [9.17, 15) is 9.59 Å². The van der Waals surface area contributed by atoms with Gasteiger partial charge in [0.05, 0.1) is 21.3 Å². The van der Waals surface area contributed by atoms with E-state index in [4.69, 9.17) is 18.9 Å². The molecular weight excluding hydrogens is 362 g/mol. The molecule has 1 aliphatic rings. The summed E-state index contributed by atoms with van der Waals surface area (Å²) >= 11 is 0. The summed E-state index contributed by atoms with van der Waals surface area (Å²) in [6.07, 6.45) is 1.73. The van der Waals surface area contributed by atoms with E-state index < -0.39 is 5.97 Å². The van der Waals surface area contributed by atoms with E-state index >= 15 is 0 Å². The monoisotopic (exact) mass is 393 g/mol. The SMILES string of the molecule is COc1cc(CCC(=O)OCC(=O)N2C[C@H](C)C[C@@H](C)C2)cc(OC)c1OC. The van der Waals surface area contributed by atoms with Crippen LogP contribution < -0.4 is 14.2 Å². The van der Waals surface area contributed by atoms with Crippen LogP contribution in [-0.4, -0.2) is 57.8 Å². The average Bonchev–Trinajstić information content (AvgIpc) is 2.68. The zero-order valence-electron chi connectivity index (χ0n) is 17.4. The third kappa shape index (κ3) is 5.78. The lowest BCUT2D eigenvalue weighted by molar-refractivity contribution is -0.153. The first kappa shape index (κ1) is 21.9. The maximum atomic E-state index is 12.3. The second kappa shape index (κ2) is 10.2. The van der Waals surface area contributed by atoms with E-state index in [-0.39, 0.29) is 18.9 Å². The predicted molar refractivity (Wildman–Crippen MR) is 105 cm³/mol. The maximum absolute atomic E-state index is 12.3. The molecule has 28 heavy (non-hydrogen) atoms. The topological polar surface area (TPSA) is 74.3 Å². The Kier molecular flexibility index (Phi) is 7.96. The molecule has 0 unspecified atom stereocenters. The highest BCUT2D eigenvalue weighted by atomic mass is 16.5. The molecule has 0 bridgehead atoms. The number of ether oxygens (including phenoxy) is 4. The van der Waals surface area contributed by atoms with Gasteiger partial charge in [-0.05, 0) is 42.4 Å². The van der Waals surface area contributed by atoms with Crippen molar-refractivity contribution in [3.05, 3.63) is 17.7 Å². The highest BCUT2D eigenvalue weighted by Gasteiger charge is 2.26. The van der Waals surface area contributed by atoms with Crippen molar-refractivity contribution in [3.8, 4) is 17.2 Å². The first-order chi connectivity index (χ1) is 13.4. The summed E-state index contributed by atoms with van der Waals surface area (Å²) in [5, 5.41) is 0. The summed E-state index contributed by atoms with van der Waals surface area (Å²) in [6, 6.07) is 3.60. The van der Waals surface area contributed by atoms with E-state index in [0.717, 1.165) is 25.1 Å². The molecule has 1 aromatic carbocycles. The summed E-state index contributed by atoms with van der Waals surface area (Å²) in [4.78, 5) is 26.2. The summed E-state index contributed by atoms with van der Waals surface area (Å²) < 4.78 is 21.1. The van der Waals surface area contributed by atoms with Crippen LogP contribution in [0.15, 0.2) is 12.1 Å². The van der Waals surface area contributed by atoms with Crippen LogP contribution in [0.4, 0.5) is 0 Å². The third-order valence-corrected chi connectivity index (χ3v) is 4.92. The fourth-order valence-electron chi connectivity index (χ4n) is 3.70. The number of carbonyl (C=O) groups is 2. The van der Waals surface area contributed by atoms with Gasteiger partial charge in [0.1, 0.15) is 0 Å². The van der Waals surface area contributed by atoms with E-state index in [1.807, 2.05) is 0 Å². The van der Waals surface area contributed by atoms with Gasteiger partial charge in [0, 0.05) is 19.5 Å². The minimum Gasteiger partial charge on any atom is -0.493 e. The second-order valence-electron chi connectivity index (χ2n) is 7.44. The van der Waals surface area contributed by atoms with Gasteiger partial charge in [-0.1, -0.05) is 13.8 Å². The molecule has 1 heterocycles. The van der Waals surface area contributed by atoms with Crippen LogP contribution in [0.2, 0.25) is 0 Å². The van der Waals surface area contributed by atoms with Gasteiger partial charge in [0.15, 0.2) is 18.1 Å². The molecule has 1 aromatic rings. The second-order valence-corrected chi connectivity index (χ2v) is 7.44. The molecule has 156 valence electrons. The first-order valence-corrected chi connectivity index (χ1v) is 9.60. The number of carbonyl (C=O) groups excluding carboxylic acids is 2. The van der Waals surface area contributed by atoms with Crippen LogP contribution in [0.3, 0.4) is 0 Å². The van der Waals surface area contributed by atoms with Crippen molar-refractivity contribution >= 4 is 11.9 Å². The summed E-state index contributed by atoms with van der Waals surface area (Å²) in [7, 11) is 4.63. The fraction of sp³-hybridized carbons (Fsp3) is 0.619. The number of piperidine rings is 1. The number of esters is 1. The summed E-state index contributed by atoms with van der Waals surface area (Å²) in [5.74, 6) is 2.00. The molecule has 1 amide bonds. The van der Waals surface area contributed by atoms with Crippen molar-refractivity contribution < 1.29 is 28.5 Å². The molecule has 0 radical (unpaired) electrons. The van der Waals surface area contributed by atoms with Gasteiger partial charge in [0.25, 0.3) is 5.91 Å². The molecule has 1 aliphatic heterocycles. The lowest BCUT2D eigenvalue weighted by atomic mass is 9.92. The minimum absolute atomic E-state index is 0.125. The Morgan fingerprint density at radius 2 is 1.57 bits per heavy atom. The summed E-state index contributed by atoms with van der Waals surface area (Å²) in [5.41, 5.74) is 0.858.